The van der Waals surface area contributed by atoms with Gasteiger partial charge in [0.25, 0.3) is 0 Å². The quantitative estimate of drug-likeness (QED) is 0.568. The SMILES string of the molecule is CCCCCCc1nc(-c2cnc(C3CC3)cc2C)n(CC2CCCOC2)n1. The van der Waals surface area contributed by atoms with E-state index in [9.17, 15) is 0 Å². The maximum absolute atomic E-state index is 5.70. The van der Waals surface area contributed by atoms with Crippen molar-refractivity contribution in [1.29, 1.82) is 0 Å². The van der Waals surface area contributed by atoms with Crippen molar-refractivity contribution < 1.29 is 4.74 Å². The first-order valence-corrected chi connectivity index (χ1v) is 11.2. The van der Waals surface area contributed by atoms with Gasteiger partial charge in [0.1, 0.15) is 0 Å². The first kappa shape index (κ1) is 19.6. The zero-order chi connectivity index (χ0) is 19.3. The van der Waals surface area contributed by atoms with Crippen LogP contribution in [0.5, 0.6) is 0 Å². The van der Waals surface area contributed by atoms with E-state index in [0.717, 1.165) is 49.8 Å². The number of hydrogen-bond acceptors (Lipinski definition) is 4. The maximum atomic E-state index is 5.70. The monoisotopic (exact) mass is 382 g/mol. The summed E-state index contributed by atoms with van der Waals surface area (Å²) < 4.78 is 7.83. The van der Waals surface area contributed by atoms with Gasteiger partial charge in [-0.3, -0.25) is 4.98 Å². The molecular formula is C23H34N4O. The fourth-order valence-corrected chi connectivity index (χ4v) is 4.14. The largest absolute Gasteiger partial charge is 0.381 e. The Bertz CT molecular complexity index is 775. The summed E-state index contributed by atoms with van der Waals surface area (Å²) in [5.41, 5.74) is 3.64. The van der Waals surface area contributed by atoms with E-state index in [-0.39, 0.29) is 0 Å². The lowest BCUT2D eigenvalue weighted by Crippen LogP contribution is -2.23. The van der Waals surface area contributed by atoms with Crippen molar-refractivity contribution >= 4 is 0 Å². The minimum atomic E-state index is 0.529. The van der Waals surface area contributed by atoms with Crippen LogP contribution < -0.4 is 0 Å². The first-order chi connectivity index (χ1) is 13.7. The lowest BCUT2D eigenvalue weighted by molar-refractivity contribution is 0.0471. The number of aromatic nitrogens is 4. The second-order valence-electron chi connectivity index (χ2n) is 8.63. The number of unbranched alkanes of at least 4 members (excludes halogenated alkanes) is 3. The molecule has 152 valence electrons. The maximum Gasteiger partial charge on any atom is 0.160 e. The van der Waals surface area contributed by atoms with Crippen LogP contribution >= 0.6 is 0 Å². The highest BCUT2D eigenvalue weighted by molar-refractivity contribution is 5.59. The van der Waals surface area contributed by atoms with Crippen LogP contribution in [0.25, 0.3) is 11.4 Å². The summed E-state index contributed by atoms with van der Waals surface area (Å²) in [6.07, 6.45) is 12.9. The number of ether oxygens (including phenoxy) is 1. The first-order valence-electron chi connectivity index (χ1n) is 11.2. The van der Waals surface area contributed by atoms with Gasteiger partial charge in [-0.25, -0.2) is 9.67 Å². The summed E-state index contributed by atoms with van der Waals surface area (Å²) >= 11 is 0. The van der Waals surface area contributed by atoms with Crippen molar-refractivity contribution in [1.82, 2.24) is 19.7 Å². The van der Waals surface area contributed by atoms with Crippen molar-refractivity contribution in [3.63, 3.8) is 0 Å². The Morgan fingerprint density at radius 3 is 2.79 bits per heavy atom. The minimum Gasteiger partial charge on any atom is -0.381 e. The Morgan fingerprint density at radius 1 is 1.18 bits per heavy atom. The van der Waals surface area contributed by atoms with Crippen molar-refractivity contribution in [2.24, 2.45) is 5.92 Å². The average Bonchev–Trinajstić information content (AvgIpc) is 3.49. The molecule has 1 aliphatic carbocycles. The van der Waals surface area contributed by atoms with E-state index in [1.54, 1.807) is 0 Å². The van der Waals surface area contributed by atoms with Crippen molar-refractivity contribution in [3.05, 3.63) is 29.3 Å². The fraction of sp³-hybridized carbons (Fsp3) is 0.696. The number of rotatable bonds is 9. The van der Waals surface area contributed by atoms with Crippen LogP contribution in [-0.2, 0) is 17.7 Å². The molecule has 2 aliphatic rings. The molecule has 1 unspecified atom stereocenters. The van der Waals surface area contributed by atoms with Crippen LogP contribution in [-0.4, -0.2) is 33.0 Å². The second-order valence-corrected chi connectivity index (χ2v) is 8.63. The molecule has 5 nitrogen and oxygen atoms in total. The highest BCUT2D eigenvalue weighted by Crippen LogP contribution is 2.40. The second kappa shape index (κ2) is 9.17. The summed E-state index contributed by atoms with van der Waals surface area (Å²) in [4.78, 5) is 9.72. The standard InChI is InChI=1S/C23H34N4O/c1-3-4-5-6-9-22-25-23(27(26-22)15-18-8-7-12-28-16-18)20-14-24-21(13-17(20)2)19-10-11-19/h13-14,18-19H,3-12,15-16H2,1-2H3. The normalized spacial score (nSPS) is 19.9. The third kappa shape index (κ3) is 4.80. The molecule has 0 aromatic carbocycles. The Kier molecular flexibility index (Phi) is 6.40. The topological polar surface area (TPSA) is 52.8 Å². The molecule has 0 bridgehead atoms. The van der Waals surface area contributed by atoms with Gasteiger partial charge < -0.3 is 4.74 Å². The fourth-order valence-electron chi connectivity index (χ4n) is 4.14. The summed E-state index contributed by atoms with van der Waals surface area (Å²) in [6.45, 7) is 7.06. The molecule has 2 fully saturated rings. The molecule has 0 N–H and O–H groups in total. The van der Waals surface area contributed by atoms with Gasteiger partial charge in [0.2, 0.25) is 0 Å². The Hall–Kier alpha value is -1.75. The lowest BCUT2D eigenvalue weighted by atomic mass is 10.0. The molecule has 1 saturated carbocycles. The van der Waals surface area contributed by atoms with E-state index in [2.05, 4.69) is 24.6 Å². The van der Waals surface area contributed by atoms with Crippen molar-refractivity contribution in [2.75, 3.05) is 13.2 Å². The molecule has 0 spiro atoms. The summed E-state index contributed by atoms with van der Waals surface area (Å²) in [7, 11) is 0. The average molecular weight is 383 g/mol. The lowest BCUT2D eigenvalue weighted by Gasteiger charge is -2.22. The molecular weight excluding hydrogens is 348 g/mol. The molecule has 0 radical (unpaired) electrons. The predicted molar refractivity (Wildman–Crippen MR) is 111 cm³/mol. The highest BCUT2D eigenvalue weighted by Gasteiger charge is 2.26. The summed E-state index contributed by atoms with van der Waals surface area (Å²) in [5.74, 6) is 3.18. The van der Waals surface area contributed by atoms with Gasteiger partial charge in [0.05, 0.1) is 6.61 Å². The molecule has 3 heterocycles. The Labute approximate surface area is 168 Å². The van der Waals surface area contributed by atoms with E-state index in [1.165, 1.54) is 56.2 Å². The van der Waals surface area contributed by atoms with Gasteiger partial charge in [-0.1, -0.05) is 26.2 Å². The smallest absolute Gasteiger partial charge is 0.160 e. The molecule has 2 aromatic heterocycles. The van der Waals surface area contributed by atoms with E-state index in [0.29, 0.717) is 11.8 Å². The van der Waals surface area contributed by atoms with Crippen LogP contribution in [0.3, 0.4) is 0 Å². The Morgan fingerprint density at radius 2 is 2.07 bits per heavy atom. The van der Waals surface area contributed by atoms with E-state index < -0.39 is 0 Å². The summed E-state index contributed by atoms with van der Waals surface area (Å²) in [5, 5.41) is 4.91. The highest BCUT2D eigenvalue weighted by atomic mass is 16.5. The molecule has 1 saturated heterocycles. The van der Waals surface area contributed by atoms with Gasteiger partial charge in [-0.15, -0.1) is 0 Å². The Balaban J connectivity index is 1.56. The van der Waals surface area contributed by atoms with Crippen molar-refractivity contribution in [2.45, 2.75) is 84.1 Å². The zero-order valence-corrected chi connectivity index (χ0v) is 17.5. The van der Waals surface area contributed by atoms with Gasteiger partial charge in [0.15, 0.2) is 11.6 Å². The van der Waals surface area contributed by atoms with Crippen molar-refractivity contribution in [3.8, 4) is 11.4 Å². The van der Waals surface area contributed by atoms with E-state index >= 15 is 0 Å². The number of pyridine rings is 1. The third-order valence-electron chi connectivity index (χ3n) is 6.02. The van der Waals surface area contributed by atoms with Gasteiger partial charge in [0, 0.05) is 48.9 Å². The number of hydrogen-bond donors (Lipinski definition) is 0. The van der Waals surface area contributed by atoms with Crippen LogP contribution in [0.2, 0.25) is 0 Å². The molecule has 0 amide bonds. The van der Waals surface area contributed by atoms with E-state index in [4.69, 9.17) is 19.8 Å². The number of nitrogens with zero attached hydrogens (tertiary/aromatic N) is 4. The third-order valence-corrected chi connectivity index (χ3v) is 6.02. The molecule has 1 aliphatic heterocycles. The molecule has 28 heavy (non-hydrogen) atoms. The van der Waals surface area contributed by atoms with Crippen LogP contribution in [0.1, 0.15) is 81.3 Å². The zero-order valence-electron chi connectivity index (χ0n) is 17.5. The van der Waals surface area contributed by atoms with E-state index in [1.807, 2.05) is 6.20 Å². The molecule has 4 rings (SSSR count). The summed E-state index contributed by atoms with van der Waals surface area (Å²) in [6, 6.07) is 2.26. The van der Waals surface area contributed by atoms with Gasteiger partial charge in [-0.05, 0) is 50.7 Å². The molecule has 5 heteroatoms. The van der Waals surface area contributed by atoms with Crippen LogP contribution in [0, 0.1) is 12.8 Å². The van der Waals surface area contributed by atoms with Crippen LogP contribution in [0.15, 0.2) is 12.3 Å². The molecule has 2 aromatic rings. The molecule has 1 atom stereocenters. The van der Waals surface area contributed by atoms with Crippen LogP contribution in [0.4, 0.5) is 0 Å². The minimum absolute atomic E-state index is 0.529. The predicted octanol–water partition coefficient (Wildman–Crippen LogP) is 5.08. The van der Waals surface area contributed by atoms with Gasteiger partial charge >= 0.3 is 0 Å². The number of aryl methyl sites for hydroxylation is 2. The van der Waals surface area contributed by atoms with Gasteiger partial charge in [-0.2, -0.15) is 5.10 Å².